The maximum atomic E-state index is 12.6. The van der Waals surface area contributed by atoms with E-state index >= 15 is 0 Å². The van der Waals surface area contributed by atoms with Crippen molar-refractivity contribution in [2.45, 2.75) is 63.5 Å². The molecule has 0 bridgehead atoms. The molecule has 30 heavy (non-hydrogen) atoms. The van der Waals surface area contributed by atoms with Crippen molar-refractivity contribution in [1.29, 1.82) is 0 Å². The van der Waals surface area contributed by atoms with Gasteiger partial charge >= 0.3 is 0 Å². The van der Waals surface area contributed by atoms with Crippen LogP contribution in [-0.4, -0.2) is 31.5 Å². The molecule has 2 aromatic heterocycles. The summed E-state index contributed by atoms with van der Waals surface area (Å²) in [6, 6.07) is 6.05. The van der Waals surface area contributed by atoms with Gasteiger partial charge in [0.25, 0.3) is 15.9 Å². The Morgan fingerprint density at radius 1 is 1.20 bits per heavy atom. The fourth-order valence-corrected chi connectivity index (χ4v) is 4.72. The summed E-state index contributed by atoms with van der Waals surface area (Å²) in [6.45, 7) is 5.74. The largest absolute Gasteiger partial charge is 0.489 e. The van der Waals surface area contributed by atoms with Crippen molar-refractivity contribution in [3.63, 3.8) is 0 Å². The highest BCUT2D eigenvalue weighted by Gasteiger charge is 2.26. The van der Waals surface area contributed by atoms with Crippen molar-refractivity contribution in [3.05, 3.63) is 36.2 Å². The van der Waals surface area contributed by atoms with Gasteiger partial charge in [-0.15, -0.1) is 0 Å². The molecule has 9 heteroatoms. The van der Waals surface area contributed by atoms with Crippen LogP contribution < -0.4 is 14.8 Å². The second-order valence-corrected chi connectivity index (χ2v) is 10.2. The molecule has 2 N–H and O–H groups in total. The van der Waals surface area contributed by atoms with E-state index in [9.17, 15) is 13.2 Å². The second kappa shape index (κ2) is 9.18. The van der Waals surface area contributed by atoms with Crippen LogP contribution in [0.2, 0.25) is 0 Å². The van der Waals surface area contributed by atoms with E-state index in [4.69, 9.17) is 9.15 Å². The molecule has 1 saturated carbocycles. The number of sulfonamides is 1. The lowest BCUT2D eigenvalue weighted by molar-refractivity contribution is 0.0990. The highest BCUT2D eigenvalue weighted by atomic mass is 32.2. The molecule has 2 heterocycles. The molecule has 0 unspecified atom stereocenters. The lowest BCUT2D eigenvalue weighted by Gasteiger charge is -2.22. The number of carbonyl (C=O) groups excluding carboxylic acids is 1. The SMILES string of the molecule is CC(C)(C)NS(=O)(=O)c1ccc(C(=O)Nc2ncccc2OCC2CCCCC2)o1. The summed E-state index contributed by atoms with van der Waals surface area (Å²) in [5, 5.41) is 2.32. The standard InChI is InChI=1S/C21H29N3O5S/c1-21(2,3)24-30(26,27)18-12-11-17(29-18)20(25)23-19-16(10-7-13-22-19)28-14-15-8-5-4-6-9-15/h7,10-13,15,24H,4-6,8-9,14H2,1-3H3,(H,22,23,25). The molecule has 3 rings (SSSR count). The number of nitrogens with one attached hydrogen (secondary N) is 2. The molecule has 0 aliphatic heterocycles. The number of ether oxygens (including phenoxy) is 1. The maximum Gasteiger partial charge on any atom is 0.292 e. The molecule has 0 saturated heterocycles. The molecule has 8 nitrogen and oxygen atoms in total. The average molecular weight is 436 g/mol. The zero-order valence-electron chi connectivity index (χ0n) is 17.6. The second-order valence-electron chi connectivity index (χ2n) is 8.59. The quantitative estimate of drug-likeness (QED) is 0.681. The number of anilines is 1. The first kappa shape index (κ1) is 22.3. The maximum absolute atomic E-state index is 12.6. The lowest BCUT2D eigenvalue weighted by atomic mass is 9.90. The number of pyridine rings is 1. The fraction of sp³-hybridized carbons (Fsp3) is 0.524. The molecule has 1 amide bonds. The van der Waals surface area contributed by atoms with Crippen molar-refractivity contribution in [3.8, 4) is 5.75 Å². The van der Waals surface area contributed by atoms with Crippen molar-refractivity contribution in [2.75, 3.05) is 11.9 Å². The van der Waals surface area contributed by atoms with Gasteiger partial charge in [-0.2, -0.15) is 0 Å². The number of carbonyl (C=O) groups is 1. The highest BCUT2D eigenvalue weighted by Crippen LogP contribution is 2.27. The minimum atomic E-state index is -3.87. The van der Waals surface area contributed by atoms with Gasteiger partial charge < -0.3 is 14.5 Å². The normalized spacial score (nSPS) is 15.7. The van der Waals surface area contributed by atoms with Crippen molar-refractivity contribution < 1.29 is 22.4 Å². The summed E-state index contributed by atoms with van der Waals surface area (Å²) < 4.78 is 38.4. The minimum absolute atomic E-state index is 0.131. The van der Waals surface area contributed by atoms with Crippen molar-refractivity contribution in [1.82, 2.24) is 9.71 Å². The predicted octanol–water partition coefficient (Wildman–Crippen LogP) is 3.96. The third-order valence-corrected chi connectivity index (χ3v) is 6.34. The summed E-state index contributed by atoms with van der Waals surface area (Å²) in [7, 11) is -3.87. The topological polar surface area (TPSA) is 111 Å². The van der Waals surface area contributed by atoms with Crippen LogP contribution in [0.5, 0.6) is 5.75 Å². The summed E-state index contributed by atoms with van der Waals surface area (Å²) in [5.41, 5.74) is -0.674. The Hall–Kier alpha value is -2.39. The van der Waals surface area contributed by atoms with Gasteiger partial charge in [0, 0.05) is 11.7 Å². The Morgan fingerprint density at radius 2 is 1.93 bits per heavy atom. The zero-order chi connectivity index (χ0) is 21.8. The van der Waals surface area contributed by atoms with Crippen LogP contribution in [-0.2, 0) is 10.0 Å². The molecule has 1 aliphatic rings. The molecular weight excluding hydrogens is 406 g/mol. The first-order valence-corrected chi connectivity index (χ1v) is 11.7. The van der Waals surface area contributed by atoms with Crippen LogP contribution in [0.4, 0.5) is 5.82 Å². The third-order valence-electron chi connectivity index (χ3n) is 4.71. The fourth-order valence-electron chi connectivity index (χ4n) is 3.37. The van der Waals surface area contributed by atoms with Gasteiger partial charge in [0.15, 0.2) is 17.3 Å². The molecule has 0 spiro atoms. The van der Waals surface area contributed by atoms with Gasteiger partial charge in [-0.25, -0.2) is 18.1 Å². The van der Waals surface area contributed by atoms with E-state index in [-0.39, 0.29) is 16.7 Å². The van der Waals surface area contributed by atoms with E-state index in [2.05, 4.69) is 15.0 Å². The number of amides is 1. The predicted molar refractivity (Wildman–Crippen MR) is 113 cm³/mol. The molecule has 164 valence electrons. The summed E-state index contributed by atoms with van der Waals surface area (Å²) in [5.74, 6) is 0.523. The minimum Gasteiger partial charge on any atom is -0.489 e. The first-order chi connectivity index (χ1) is 14.1. The van der Waals surface area contributed by atoms with Gasteiger partial charge in [-0.1, -0.05) is 19.3 Å². The Morgan fingerprint density at radius 3 is 2.63 bits per heavy atom. The average Bonchev–Trinajstić information content (AvgIpc) is 3.18. The first-order valence-electron chi connectivity index (χ1n) is 10.2. The van der Waals surface area contributed by atoms with Gasteiger partial charge in [-0.3, -0.25) is 4.79 Å². The number of hydrogen-bond acceptors (Lipinski definition) is 6. The van der Waals surface area contributed by atoms with Crippen LogP contribution >= 0.6 is 0 Å². The van der Waals surface area contributed by atoms with Crippen LogP contribution in [0.15, 0.2) is 40.0 Å². The van der Waals surface area contributed by atoms with E-state index in [1.165, 1.54) is 31.4 Å². The zero-order valence-corrected chi connectivity index (χ0v) is 18.4. The summed E-state index contributed by atoms with van der Waals surface area (Å²) in [6.07, 6.45) is 7.56. The molecule has 0 aromatic carbocycles. The Bertz CT molecular complexity index is 973. The van der Waals surface area contributed by atoms with Crippen molar-refractivity contribution in [2.24, 2.45) is 5.92 Å². The monoisotopic (exact) mass is 435 g/mol. The third kappa shape index (κ3) is 6.06. The van der Waals surface area contributed by atoms with E-state index in [0.29, 0.717) is 18.3 Å². The number of furan rings is 1. The molecule has 1 fully saturated rings. The van der Waals surface area contributed by atoms with Crippen molar-refractivity contribution >= 4 is 21.7 Å². The highest BCUT2D eigenvalue weighted by molar-refractivity contribution is 7.89. The smallest absolute Gasteiger partial charge is 0.292 e. The number of hydrogen-bond donors (Lipinski definition) is 2. The number of aromatic nitrogens is 1. The molecule has 0 atom stereocenters. The van der Waals surface area contributed by atoms with Gasteiger partial charge in [-0.05, 0) is 63.8 Å². The van der Waals surface area contributed by atoms with Gasteiger partial charge in [0.2, 0.25) is 5.09 Å². The molecular formula is C21H29N3O5S. The van der Waals surface area contributed by atoms with Gasteiger partial charge in [0.05, 0.1) is 6.61 Å². The Balaban J connectivity index is 1.67. The molecule has 1 aliphatic carbocycles. The van der Waals surface area contributed by atoms with Crippen LogP contribution in [0.3, 0.4) is 0 Å². The van der Waals surface area contributed by atoms with Gasteiger partial charge in [0.1, 0.15) is 0 Å². The van der Waals surface area contributed by atoms with E-state index in [1.54, 1.807) is 39.1 Å². The molecule has 0 radical (unpaired) electrons. The number of nitrogens with zero attached hydrogens (tertiary/aromatic N) is 1. The lowest BCUT2D eigenvalue weighted by Crippen LogP contribution is -2.40. The van der Waals surface area contributed by atoms with E-state index < -0.39 is 21.5 Å². The summed E-state index contributed by atoms with van der Waals surface area (Å²) >= 11 is 0. The number of rotatable bonds is 7. The Kier molecular flexibility index (Phi) is 6.82. The van der Waals surface area contributed by atoms with Crippen LogP contribution in [0, 0.1) is 5.92 Å². The van der Waals surface area contributed by atoms with Crippen LogP contribution in [0.1, 0.15) is 63.4 Å². The van der Waals surface area contributed by atoms with E-state index in [1.807, 2.05) is 0 Å². The van der Waals surface area contributed by atoms with Crippen LogP contribution in [0.25, 0.3) is 0 Å². The molecule has 2 aromatic rings. The Labute approximate surface area is 177 Å². The van der Waals surface area contributed by atoms with E-state index in [0.717, 1.165) is 12.8 Å². The summed E-state index contributed by atoms with van der Waals surface area (Å²) in [4.78, 5) is 16.8.